The number of aryl methyl sites for hydroxylation is 1. The molecule has 188 valence electrons. The van der Waals surface area contributed by atoms with Gasteiger partial charge in [-0.1, -0.05) is 77.8 Å². The van der Waals surface area contributed by atoms with Crippen molar-refractivity contribution in [2.24, 2.45) is 0 Å². The molecule has 1 aliphatic carbocycles. The third kappa shape index (κ3) is 5.63. The van der Waals surface area contributed by atoms with Crippen LogP contribution in [-0.2, 0) is 6.42 Å². The van der Waals surface area contributed by atoms with Crippen molar-refractivity contribution < 1.29 is 9.59 Å². The van der Waals surface area contributed by atoms with E-state index in [1.54, 1.807) is 23.0 Å². The first-order chi connectivity index (χ1) is 18.0. The highest BCUT2D eigenvalue weighted by molar-refractivity contribution is 6.40. The molecule has 1 aliphatic rings. The number of rotatable bonds is 7. The number of carbonyl (C=O) groups is 2. The quantitative estimate of drug-likeness (QED) is 0.271. The van der Waals surface area contributed by atoms with Crippen LogP contribution in [0.25, 0.3) is 16.9 Å². The summed E-state index contributed by atoms with van der Waals surface area (Å²) in [5.41, 5.74) is 5.10. The molecular formula is C28H25Cl2N5O2. The number of benzene rings is 3. The third-order valence-corrected chi connectivity index (χ3v) is 6.93. The molecule has 9 heteroatoms. The fourth-order valence-electron chi connectivity index (χ4n) is 4.50. The largest absolute Gasteiger partial charge is 0.350 e. The highest BCUT2D eigenvalue weighted by Gasteiger charge is 2.23. The van der Waals surface area contributed by atoms with Gasteiger partial charge in [0.2, 0.25) is 0 Å². The van der Waals surface area contributed by atoms with E-state index in [4.69, 9.17) is 23.2 Å². The fourth-order valence-corrected chi connectivity index (χ4v) is 5.15. The first-order valence-electron chi connectivity index (χ1n) is 12.0. The van der Waals surface area contributed by atoms with E-state index >= 15 is 0 Å². The van der Waals surface area contributed by atoms with Crippen molar-refractivity contribution >= 4 is 35.1 Å². The van der Waals surface area contributed by atoms with Gasteiger partial charge in [0.15, 0.2) is 0 Å². The van der Waals surface area contributed by atoms with Crippen LogP contribution < -0.4 is 16.0 Å². The number of urea groups is 1. The molecule has 0 aliphatic heterocycles. The summed E-state index contributed by atoms with van der Waals surface area (Å²) in [6.07, 6.45) is 5.37. The Bertz CT molecular complexity index is 1410. The Morgan fingerprint density at radius 2 is 1.65 bits per heavy atom. The van der Waals surface area contributed by atoms with Crippen molar-refractivity contribution in [1.29, 1.82) is 0 Å². The molecule has 4 aromatic rings. The highest BCUT2D eigenvalue weighted by atomic mass is 35.5. The predicted octanol–water partition coefficient (Wildman–Crippen LogP) is 5.56. The van der Waals surface area contributed by atoms with Crippen LogP contribution in [0, 0.1) is 0 Å². The SMILES string of the molecule is O=C(NCCNC(=O)c1c(Cl)cc(-n2cnc(-c3ccccc3)c2)cc1Cl)N[C@@H]1CCc2ccccc21. The van der Waals surface area contributed by atoms with Crippen LogP contribution in [0.4, 0.5) is 4.79 Å². The zero-order valence-electron chi connectivity index (χ0n) is 19.9. The number of halogens is 2. The summed E-state index contributed by atoms with van der Waals surface area (Å²) < 4.78 is 1.80. The van der Waals surface area contributed by atoms with Gasteiger partial charge in [-0.3, -0.25) is 4.79 Å². The number of hydrogen-bond acceptors (Lipinski definition) is 3. The van der Waals surface area contributed by atoms with E-state index in [1.165, 1.54) is 5.56 Å². The average Bonchev–Trinajstić information content (AvgIpc) is 3.55. The number of nitrogens with zero attached hydrogens (tertiary/aromatic N) is 2. The van der Waals surface area contributed by atoms with Gasteiger partial charge >= 0.3 is 6.03 Å². The van der Waals surface area contributed by atoms with Crippen LogP contribution >= 0.6 is 23.2 Å². The van der Waals surface area contributed by atoms with Crippen molar-refractivity contribution in [3.8, 4) is 16.9 Å². The van der Waals surface area contributed by atoms with Gasteiger partial charge in [0.05, 0.1) is 33.7 Å². The zero-order valence-corrected chi connectivity index (χ0v) is 21.4. The first kappa shape index (κ1) is 24.9. The summed E-state index contributed by atoms with van der Waals surface area (Å²) in [6, 6.07) is 21.0. The van der Waals surface area contributed by atoms with Gasteiger partial charge in [-0.15, -0.1) is 0 Å². The molecule has 1 aromatic heterocycles. The van der Waals surface area contributed by atoms with Gasteiger partial charge in [-0.2, -0.15) is 0 Å². The molecule has 3 aromatic carbocycles. The Hall–Kier alpha value is -3.81. The molecule has 0 bridgehead atoms. The molecule has 37 heavy (non-hydrogen) atoms. The van der Waals surface area contributed by atoms with Crippen molar-refractivity contribution in [1.82, 2.24) is 25.5 Å². The minimum absolute atomic E-state index is 0.00110. The Morgan fingerprint density at radius 1 is 0.946 bits per heavy atom. The normalized spacial score (nSPS) is 14.2. The van der Waals surface area contributed by atoms with Crippen molar-refractivity contribution in [3.63, 3.8) is 0 Å². The Balaban J connectivity index is 1.15. The number of aromatic nitrogens is 2. The lowest BCUT2D eigenvalue weighted by atomic mass is 10.1. The minimum Gasteiger partial charge on any atom is -0.350 e. The molecule has 0 radical (unpaired) electrons. The highest BCUT2D eigenvalue weighted by Crippen LogP contribution is 2.31. The lowest BCUT2D eigenvalue weighted by Gasteiger charge is -2.15. The molecule has 1 atom stereocenters. The fraction of sp³-hybridized carbons (Fsp3) is 0.179. The van der Waals surface area contributed by atoms with Gasteiger partial charge in [-0.25, -0.2) is 9.78 Å². The maximum absolute atomic E-state index is 12.8. The average molecular weight is 534 g/mol. The predicted molar refractivity (Wildman–Crippen MR) is 145 cm³/mol. The van der Waals surface area contributed by atoms with E-state index in [0.717, 1.165) is 29.7 Å². The van der Waals surface area contributed by atoms with E-state index in [9.17, 15) is 9.59 Å². The molecule has 0 unspecified atom stereocenters. The second-order valence-electron chi connectivity index (χ2n) is 8.76. The molecular weight excluding hydrogens is 509 g/mol. The van der Waals surface area contributed by atoms with Crippen LogP contribution in [0.5, 0.6) is 0 Å². The molecule has 1 heterocycles. The van der Waals surface area contributed by atoms with Crippen molar-refractivity contribution in [3.05, 3.63) is 106 Å². The Labute approximate surface area is 224 Å². The van der Waals surface area contributed by atoms with Gasteiger partial charge in [0, 0.05) is 30.5 Å². The van der Waals surface area contributed by atoms with Gasteiger partial charge in [0.1, 0.15) is 0 Å². The number of imidazole rings is 1. The smallest absolute Gasteiger partial charge is 0.315 e. The van der Waals surface area contributed by atoms with Crippen LogP contribution in [0.15, 0.2) is 79.3 Å². The Morgan fingerprint density at radius 3 is 2.43 bits per heavy atom. The standard InChI is InChI=1S/C28H25Cl2N5O2/c29-22-14-20(35-16-25(33-17-35)19-7-2-1-3-8-19)15-23(30)26(22)27(36)31-12-13-32-28(37)34-24-11-10-18-6-4-5-9-21(18)24/h1-9,14-17,24H,10-13H2,(H,31,36)(H2,32,34,37)/t24-/m1/s1. The zero-order chi connectivity index (χ0) is 25.8. The summed E-state index contributed by atoms with van der Waals surface area (Å²) in [6.45, 7) is 0.487. The van der Waals surface area contributed by atoms with Gasteiger partial charge < -0.3 is 20.5 Å². The maximum atomic E-state index is 12.8. The van der Waals surface area contributed by atoms with E-state index in [1.807, 2.05) is 54.7 Å². The lowest BCUT2D eigenvalue weighted by Crippen LogP contribution is -2.41. The van der Waals surface area contributed by atoms with Crippen LogP contribution in [-0.4, -0.2) is 34.6 Å². The minimum atomic E-state index is -0.413. The number of fused-ring (bicyclic) bond motifs is 1. The molecule has 0 saturated carbocycles. The van der Waals surface area contributed by atoms with E-state index < -0.39 is 5.91 Å². The summed E-state index contributed by atoms with van der Waals surface area (Å²) >= 11 is 12.9. The Kier molecular flexibility index (Phi) is 7.44. The molecule has 3 N–H and O–H groups in total. The molecule has 5 rings (SSSR count). The second kappa shape index (κ2) is 11.1. The number of carbonyl (C=O) groups excluding carboxylic acids is 2. The first-order valence-corrected chi connectivity index (χ1v) is 12.7. The molecule has 0 saturated heterocycles. The lowest BCUT2D eigenvalue weighted by molar-refractivity contribution is 0.0954. The van der Waals surface area contributed by atoms with E-state index in [0.29, 0.717) is 5.69 Å². The molecule has 0 spiro atoms. The molecule has 7 nitrogen and oxygen atoms in total. The van der Waals surface area contributed by atoms with Crippen LogP contribution in [0.1, 0.15) is 33.9 Å². The number of nitrogens with one attached hydrogen (secondary N) is 3. The van der Waals surface area contributed by atoms with Gasteiger partial charge in [0.25, 0.3) is 5.91 Å². The summed E-state index contributed by atoms with van der Waals surface area (Å²) in [4.78, 5) is 29.5. The molecule has 0 fully saturated rings. The van der Waals surface area contributed by atoms with Crippen LogP contribution in [0.3, 0.4) is 0 Å². The van der Waals surface area contributed by atoms with E-state index in [-0.39, 0.29) is 40.8 Å². The summed E-state index contributed by atoms with van der Waals surface area (Å²) in [5, 5.41) is 8.98. The third-order valence-electron chi connectivity index (χ3n) is 6.34. The van der Waals surface area contributed by atoms with Gasteiger partial charge in [-0.05, 0) is 36.1 Å². The van der Waals surface area contributed by atoms with Crippen molar-refractivity contribution in [2.45, 2.75) is 18.9 Å². The van der Waals surface area contributed by atoms with Crippen LogP contribution in [0.2, 0.25) is 10.0 Å². The summed E-state index contributed by atoms with van der Waals surface area (Å²) in [7, 11) is 0. The monoisotopic (exact) mass is 533 g/mol. The maximum Gasteiger partial charge on any atom is 0.315 e. The number of hydrogen-bond donors (Lipinski definition) is 3. The molecule has 3 amide bonds. The van der Waals surface area contributed by atoms with Crippen molar-refractivity contribution in [2.75, 3.05) is 13.1 Å². The second-order valence-corrected chi connectivity index (χ2v) is 9.58. The number of amides is 3. The summed E-state index contributed by atoms with van der Waals surface area (Å²) in [5.74, 6) is -0.413. The topological polar surface area (TPSA) is 88.1 Å². The van der Waals surface area contributed by atoms with E-state index in [2.05, 4.69) is 27.0 Å².